The van der Waals surface area contributed by atoms with Gasteiger partial charge in [-0.1, -0.05) is 30.3 Å². The summed E-state index contributed by atoms with van der Waals surface area (Å²) in [6, 6.07) is 11.5. The maximum Gasteiger partial charge on any atom is 0.270 e. The number of ether oxygens (including phenoxy) is 3. The van der Waals surface area contributed by atoms with Gasteiger partial charge in [0.25, 0.3) is 11.8 Å². The van der Waals surface area contributed by atoms with Gasteiger partial charge in [0.15, 0.2) is 24.2 Å². The highest BCUT2D eigenvalue weighted by Gasteiger charge is 2.26. The van der Waals surface area contributed by atoms with E-state index in [9.17, 15) is 9.59 Å². The highest BCUT2D eigenvalue weighted by atomic mass is 35.5. The zero-order valence-electron chi connectivity index (χ0n) is 16.6. The van der Waals surface area contributed by atoms with Crippen molar-refractivity contribution in [2.24, 2.45) is 11.5 Å². The van der Waals surface area contributed by atoms with Crippen LogP contribution in [0, 0.1) is 5.41 Å². The smallest absolute Gasteiger partial charge is 0.270 e. The summed E-state index contributed by atoms with van der Waals surface area (Å²) in [5, 5.41) is 7.42. The zero-order chi connectivity index (χ0) is 22.3. The Morgan fingerprint density at radius 2 is 1.77 bits per heavy atom. The van der Waals surface area contributed by atoms with E-state index in [-0.39, 0.29) is 24.7 Å². The summed E-state index contributed by atoms with van der Waals surface area (Å²) in [5.41, 5.74) is 12.3. The van der Waals surface area contributed by atoms with Crippen molar-refractivity contribution in [1.29, 1.82) is 5.41 Å². The molecule has 0 saturated carbocycles. The van der Waals surface area contributed by atoms with E-state index in [1.54, 1.807) is 36.4 Å². The lowest BCUT2D eigenvalue weighted by Crippen LogP contribution is -2.28. The van der Waals surface area contributed by atoms with Crippen LogP contribution in [0.3, 0.4) is 0 Å². The number of hydrogen-bond donors (Lipinski definition) is 3. The molecule has 0 aromatic heterocycles. The van der Waals surface area contributed by atoms with Crippen LogP contribution < -0.4 is 20.9 Å². The van der Waals surface area contributed by atoms with Crippen molar-refractivity contribution in [1.82, 2.24) is 4.42 Å². The molecule has 2 rings (SSSR count). The van der Waals surface area contributed by atoms with E-state index in [0.717, 1.165) is 9.98 Å². The van der Waals surface area contributed by atoms with Crippen LogP contribution in [-0.4, -0.2) is 42.9 Å². The van der Waals surface area contributed by atoms with E-state index in [1.807, 2.05) is 0 Å². The van der Waals surface area contributed by atoms with Gasteiger partial charge < -0.3 is 25.7 Å². The van der Waals surface area contributed by atoms with E-state index >= 15 is 0 Å². The minimum Gasteiger partial charge on any atom is -0.493 e. The van der Waals surface area contributed by atoms with E-state index < -0.39 is 17.9 Å². The molecule has 5 N–H and O–H groups in total. The average molecular weight is 435 g/mol. The summed E-state index contributed by atoms with van der Waals surface area (Å²) < 4.78 is 16.9. The minimum absolute atomic E-state index is 0.0475. The van der Waals surface area contributed by atoms with Gasteiger partial charge in [-0.3, -0.25) is 15.0 Å². The highest BCUT2D eigenvalue weighted by molar-refractivity contribution is 6.21. The van der Waals surface area contributed by atoms with Crippen LogP contribution in [0.1, 0.15) is 22.8 Å². The summed E-state index contributed by atoms with van der Waals surface area (Å²) >= 11 is 6.21. The van der Waals surface area contributed by atoms with Crippen molar-refractivity contribution in [2.45, 2.75) is 12.6 Å². The topological polar surface area (TPSA) is 141 Å². The standard InChI is InChI=1S/C20H23ClN4O5/c1-28-15-8-7-14(9-16(15)30-11-17(22)26)18(29-2)20(27)25(21)10-12-3-5-13(6-4-12)19(23)24/h3-9,18H,10-11H2,1-2H3,(H2,22,26)(H3,23,24). The number of nitrogen functional groups attached to an aromatic ring is 1. The van der Waals surface area contributed by atoms with Crippen molar-refractivity contribution in [2.75, 3.05) is 20.8 Å². The van der Waals surface area contributed by atoms with Gasteiger partial charge in [-0.2, -0.15) is 0 Å². The molecule has 2 amide bonds. The lowest BCUT2D eigenvalue weighted by molar-refractivity contribution is -0.137. The largest absolute Gasteiger partial charge is 0.493 e. The molecule has 0 aliphatic rings. The molecule has 10 heteroatoms. The number of methoxy groups -OCH3 is 2. The number of amides is 2. The number of primary amides is 1. The number of nitrogens with one attached hydrogen (secondary N) is 1. The molecule has 0 heterocycles. The Labute approximate surface area is 179 Å². The van der Waals surface area contributed by atoms with Gasteiger partial charge in [0.05, 0.1) is 13.7 Å². The number of amidine groups is 1. The zero-order valence-corrected chi connectivity index (χ0v) is 17.3. The molecule has 0 bridgehead atoms. The molecular weight excluding hydrogens is 412 g/mol. The Balaban J connectivity index is 2.18. The minimum atomic E-state index is -1.01. The summed E-state index contributed by atoms with van der Waals surface area (Å²) in [6.45, 7) is -0.233. The molecule has 2 aromatic rings. The predicted octanol–water partition coefficient (Wildman–Crippen LogP) is 1.71. The second-order valence-corrected chi connectivity index (χ2v) is 6.66. The third-order valence-corrected chi connectivity index (χ3v) is 4.43. The van der Waals surface area contributed by atoms with Crippen LogP contribution >= 0.6 is 11.8 Å². The lowest BCUT2D eigenvalue weighted by Gasteiger charge is -2.22. The second kappa shape index (κ2) is 10.5. The second-order valence-electron chi connectivity index (χ2n) is 6.25. The van der Waals surface area contributed by atoms with Gasteiger partial charge in [-0.15, -0.1) is 0 Å². The Bertz CT molecular complexity index is 920. The molecule has 9 nitrogen and oxygen atoms in total. The molecule has 1 atom stereocenters. The van der Waals surface area contributed by atoms with E-state index in [1.165, 1.54) is 20.3 Å². The predicted molar refractivity (Wildman–Crippen MR) is 111 cm³/mol. The number of carbonyl (C=O) groups excluding carboxylic acids is 2. The third kappa shape index (κ3) is 5.85. The van der Waals surface area contributed by atoms with Gasteiger partial charge in [0, 0.05) is 24.4 Å². The molecule has 30 heavy (non-hydrogen) atoms. The Morgan fingerprint density at radius 3 is 2.30 bits per heavy atom. The van der Waals surface area contributed by atoms with Crippen LogP contribution in [0.2, 0.25) is 0 Å². The van der Waals surface area contributed by atoms with Gasteiger partial charge in [0.2, 0.25) is 0 Å². The Hall–Kier alpha value is -3.30. The molecule has 160 valence electrons. The molecule has 0 fully saturated rings. The number of halogens is 1. The first-order chi connectivity index (χ1) is 14.3. The molecule has 0 aliphatic carbocycles. The summed E-state index contributed by atoms with van der Waals surface area (Å²) in [6.07, 6.45) is -1.01. The third-order valence-electron chi connectivity index (χ3n) is 4.15. The van der Waals surface area contributed by atoms with Gasteiger partial charge in [-0.05, 0) is 23.3 Å². The number of carbonyl (C=O) groups is 2. The van der Waals surface area contributed by atoms with Gasteiger partial charge in [0.1, 0.15) is 5.84 Å². The fraction of sp³-hybridized carbons (Fsp3) is 0.250. The first kappa shape index (κ1) is 23.0. The number of nitrogens with two attached hydrogens (primary N) is 2. The van der Waals surface area contributed by atoms with Crippen molar-refractivity contribution < 1.29 is 23.8 Å². The van der Waals surface area contributed by atoms with Gasteiger partial charge >= 0.3 is 0 Å². The molecule has 0 spiro atoms. The summed E-state index contributed by atoms with van der Waals surface area (Å²) in [5.74, 6) is -0.584. The van der Waals surface area contributed by atoms with Crippen molar-refractivity contribution in [3.63, 3.8) is 0 Å². The molecule has 1 unspecified atom stereocenters. The maximum atomic E-state index is 12.9. The lowest BCUT2D eigenvalue weighted by atomic mass is 10.1. The first-order valence-corrected chi connectivity index (χ1v) is 9.13. The Kier molecular flexibility index (Phi) is 8.02. The Morgan fingerprint density at radius 1 is 1.10 bits per heavy atom. The summed E-state index contributed by atoms with van der Waals surface area (Å²) in [4.78, 5) is 23.9. The van der Waals surface area contributed by atoms with Crippen LogP contribution in [-0.2, 0) is 20.9 Å². The molecule has 0 aliphatic heterocycles. The number of hydrogen-bond acceptors (Lipinski definition) is 6. The average Bonchev–Trinajstić information content (AvgIpc) is 2.73. The van der Waals surface area contributed by atoms with Crippen LogP contribution in [0.25, 0.3) is 0 Å². The van der Waals surface area contributed by atoms with Crippen LogP contribution in [0.15, 0.2) is 42.5 Å². The monoisotopic (exact) mass is 434 g/mol. The highest BCUT2D eigenvalue weighted by Crippen LogP contribution is 2.32. The fourth-order valence-electron chi connectivity index (χ4n) is 2.65. The van der Waals surface area contributed by atoms with Crippen LogP contribution in [0.4, 0.5) is 0 Å². The van der Waals surface area contributed by atoms with E-state index in [0.29, 0.717) is 16.9 Å². The number of rotatable bonds is 10. The van der Waals surface area contributed by atoms with Crippen LogP contribution in [0.5, 0.6) is 11.5 Å². The van der Waals surface area contributed by atoms with E-state index in [4.69, 9.17) is 42.9 Å². The summed E-state index contributed by atoms with van der Waals surface area (Å²) in [7, 11) is 2.83. The first-order valence-electron chi connectivity index (χ1n) is 8.79. The normalized spacial score (nSPS) is 11.4. The van der Waals surface area contributed by atoms with Crippen molar-refractivity contribution >= 4 is 29.4 Å². The van der Waals surface area contributed by atoms with Crippen molar-refractivity contribution in [3.8, 4) is 11.5 Å². The van der Waals surface area contributed by atoms with E-state index in [2.05, 4.69) is 0 Å². The molecular formula is C20H23ClN4O5. The maximum absolute atomic E-state index is 12.9. The molecule has 0 saturated heterocycles. The molecule has 0 radical (unpaired) electrons. The SMILES string of the molecule is COc1ccc(C(OC)C(=O)N(Cl)Cc2ccc(C(=N)N)cc2)cc1OCC(N)=O. The number of nitrogens with zero attached hydrogens (tertiary/aromatic N) is 1. The quantitative estimate of drug-likeness (QED) is 0.295. The van der Waals surface area contributed by atoms with Crippen molar-refractivity contribution in [3.05, 3.63) is 59.2 Å². The van der Waals surface area contributed by atoms with Gasteiger partial charge in [-0.25, -0.2) is 4.42 Å². The number of benzene rings is 2. The molecule has 2 aromatic carbocycles. The fourth-order valence-corrected chi connectivity index (χ4v) is 2.88.